The number of rotatable bonds is 7. The molecular weight excluding hydrogens is 428 g/mol. The van der Waals surface area contributed by atoms with Crippen LogP contribution >= 0.6 is 15.9 Å². The minimum atomic E-state index is -0.390. The van der Waals surface area contributed by atoms with Gasteiger partial charge in [0.05, 0.1) is 6.54 Å². The SMILES string of the molecule is CCCCc1ccc(NC(=O)c2ccc(C)n(Cc3cccc(Br)c3)c2=O)cc1. The number of carbonyl (C=O) groups excluding carboxylic acids is 1. The Morgan fingerprint density at radius 3 is 2.48 bits per heavy atom. The fraction of sp³-hybridized carbons (Fsp3) is 0.250. The number of pyridine rings is 1. The van der Waals surface area contributed by atoms with E-state index < -0.39 is 0 Å². The van der Waals surface area contributed by atoms with Crippen molar-refractivity contribution in [2.24, 2.45) is 0 Å². The number of carbonyl (C=O) groups is 1. The number of hydrogen-bond acceptors (Lipinski definition) is 2. The molecule has 29 heavy (non-hydrogen) atoms. The largest absolute Gasteiger partial charge is 0.322 e. The number of unbranched alkanes of at least 4 members (excludes halogenated alkanes) is 1. The molecule has 1 heterocycles. The molecule has 0 unspecified atom stereocenters. The summed E-state index contributed by atoms with van der Waals surface area (Å²) in [6.45, 7) is 4.45. The summed E-state index contributed by atoms with van der Waals surface area (Å²) in [4.78, 5) is 25.7. The van der Waals surface area contributed by atoms with Gasteiger partial charge in [-0.1, -0.05) is 53.5 Å². The van der Waals surface area contributed by atoms with Gasteiger partial charge in [-0.25, -0.2) is 0 Å². The highest BCUT2D eigenvalue weighted by Crippen LogP contribution is 2.15. The van der Waals surface area contributed by atoms with E-state index in [2.05, 4.69) is 28.2 Å². The molecule has 150 valence electrons. The van der Waals surface area contributed by atoms with Crippen LogP contribution in [0.3, 0.4) is 0 Å². The number of aromatic nitrogens is 1. The van der Waals surface area contributed by atoms with Gasteiger partial charge in [0.25, 0.3) is 11.5 Å². The van der Waals surface area contributed by atoms with E-state index >= 15 is 0 Å². The van der Waals surface area contributed by atoms with Crippen molar-refractivity contribution in [3.8, 4) is 0 Å². The Morgan fingerprint density at radius 1 is 1.03 bits per heavy atom. The summed E-state index contributed by atoms with van der Waals surface area (Å²) in [6.07, 6.45) is 3.33. The van der Waals surface area contributed by atoms with E-state index in [0.29, 0.717) is 12.2 Å². The number of hydrogen-bond donors (Lipinski definition) is 1. The summed E-state index contributed by atoms with van der Waals surface area (Å²) in [5.41, 5.74) is 3.59. The third kappa shape index (κ3) is 5.45. The maximum absolute atomic E-state index is 13.0. The van der Waals surface area contributed by atoms with Crippen LogP contribution in [0.5, 0.6) is 0 Å². The van der Waals surface area contributed by atoms with Gasteiger partial charge >= 0.3 is 0 Å². The number of halogens is 1. The van der Waals surface area contributed by atoms with Gasteiger partial charge in [0.15, 0.2) is 0 Å². The Labute approximate surface area is 179 Å². The molecule has 1 amide bonds. The third-order valence-corrected chi connectivity index (χ3v) is 5.39. The van der Waals surface area contributed by atoms with Gasteiger partial charge in [0.2, 0.25) is 0 Å². The van der Waals surface area contributed by atoms with Crippen molar-refractivity contribution in [2.45, 2.75) is 39.7 Å². The van der Waals surface area contributed by atoms with Crippen LogP contribution in [0.25, 0.3) is 0 Å². The molecule has 0 bridgehead atoms. The van der Waals surface area contributed by atoms with Gasteiger partial charge in [0.1, 0.15) is 5.56 Å². The fourth-order valence-corrected chi connectivity index (χ4v) is 3.64. The third-order valence-electron chi connectivity index (χ3n) is 4.90. The van der Waals surface area contributed by atoms with Gasteiger partial charge in [-0.2, -0.15) is 0 Å². The maximum Gasteiger partial charge on any atom is 0.263 e. The lowest BCUT2D eigenvalue weighted by Gasteiger charge is -2.13. The molecule has 0 aliphatic heterocycles. The average Bonchev–Trinajstić information content (AvgIpc) is 2.70. The van der Waals surface area contributed by atoms with E-state index in [4.69, 9.17) is 0 Å². The molecule has 0 aliphatic rings. The summed E-state index contributed by atoms with van der Waals surface area (Å²) < 4.78 is 2.59. The molecule has 0 aliphatic carbocycles. The Hall–Kier alpha value is -2.66. The van der Waals surface area contributed by atoms with Crippen LogP contribution in [0.15, 0.2) is 69.9 Å². The van der Waals surface area contributed by atoms with Crippen LogP contribution in [0.2, 0.25) is 0 Å². The van der Waals surface area contributed by atoms with Crippen LogP contribution < -0.4 is 10.9 Å². The van der Waals surface area contributed by atoms with E-state index in [9.17, 15) is 9.59 Å². The first-order chi connectivity index (χ1) is 14.0. The minimum absolute atomic E-state index is 0.139. The first-order valence-electron chi connectivity index (χ1n) is 9.83. The zero-order valence-electron chi connectivity index (χ0n) is 16.7. The normalized spacial score (nSPS) is 10.7. The fourth-order valence-electron chi connectivity index (χ4n) is 3.19. The lowest BCUT2D eigenvalue weighted by Crippen LogP contribution is -2.30. The summed E-state index contributed by atoms with van der Waals surface area (Å²) >= 11 is 3.45. The predicted octanol–water partition coefficient (Wildman–Crippen LogP) is 5.56. The average molecular weight is 453 g/mol. The number of anilines is 1. The number of benzene rings is 2. The Bertz CT molecular complexity index is 1060. The highest BCUT2D eigenvalue weighted by molar-refractivity contribution is 9.10. The standard InChI is InChI=1S/C24H25BrN2O2/c1-3-4-6-18-10-12-21(13-11-18)26-23(28)22-14-9-17(2)27(24(22)29)16-19-7-5-8-20(25)15-19/h5,7-15H,3-4,6,16H2,1-2H3,(H,26,28). The highest BCUT2D eigenvalue weighted by atomic mass is 79.9. The van der Waals surface area contributed by atoms with E-state index in [1.54, 1.807) is 10.6 Å². The molecule has 0 fully saturated rings. The molecule has 1 aromatic heterocycles. The summed E-state index contributed by atoms with van der Waals surface area (Å²) in [6, 6.07) is 19.0. The molecule has 1 N–H and O–H groups in total. The minimum Gasteiger partial charge on any atom is -0.322 e. The van der Waals surface area contributed by atoms with Crippen LogP contribution in [0.4, 0.5) is 5.69 Å². The highest BCUT2D eigenvalue weighted by Gasteiger charge is 2.14. The van der Waals surface area contributed by atoms with E-state index in [0.717, 1.165) is 35.0 Å². The van der Waals surface area contributed by atoms with Crippen molar-refractivity contribution in [3.05, 3.63) is 97.9 Å². The van der Waals surface area contributed by atoms with Gasteiger partial charge < -0.3 is 9.88 Å². The Kier molecular flexibility index (Phi) is 7.04. The summed E-state index contributed by atoms with van der Waals surface area (Å²) in [5.74, 6) is -0.390. The van der Waals surface area contributed by atoms with Crippen molar-refractivity contribution < 1.29 is 4.79 Å². The first-order valence-corrected chi connectivity index (χ1v) is 10.6. The Morgan fingerprint density at radius 2 is 1.79 bits per heavy atom. The van der Waals surface area contributed by atoms with Gasteiger partial charge in [-0.3, -0.25) is 9.59 Å². The molecule has 0 atom stereocenters. The molecule has 4 nitrogen and oxygen atoms in total. The second kappa shape index (κ2) is 9.70. The zero-order valence-corrected chi connectivity index (χ0v) is 18.3. The summed E-state index contributed by atoms with van der Waals surface area (Å²) in [5, 5.41) is 2.84. The van der Waals surface area contributed by atoms with Crippen LogP contribution in [0.1, 0.15) is 46.9 Å². The van der Waals surface area contributed by atoms with E-state index in [-0.39, 0.29) is 17.0 Å². The molecule has 5 heteroatoms. The molecule has 0 spiro atoms. The maximum atomic E-state index is 13.0. The van der Waals surface area contributed by atoms with E-state index in [1.807, 2.05) is 61.5 Å². The molecule has 0 saturated carbocycles. The molecule has 0 radical (unpaired) electrons. The quantitative estimate of drug-likeness (QED) is 0.509. The lowest BCUT2D eigenvalue weighted by molar-refractivity contribution is 0.102. The first kappa shape index (κ1) is 21.1. The number of amides is 1. The molecule has 2 aromatic carbocycles. The summed E-state index contributed by atoms with van der Waals surface area (Å²) in [7, 11) is 0. The number of nitrogens with zero attached hydrogens (tertiary/aromatic N) is 1. The van der Waals surface area contributed by atoms with Crippen LogP contribution in [-0.4, -0.2) is 10.5 Å². The molecular formula is C24H25BrN2O2. The second-order valence-corrected chi connectivity index (χ2v) is 8.08. The zero-order chi connectivity index (χ0) is 20.8. The number of nitrogens with one attached hydrogen (secondary N) is 1. The topological polar surface area (TPSA) is 51.1 Å². The lowest BCUT2D eigenvalue weighted by atomic mass is 10.1. The molecule has 3 rings (SSSR count). The number of aryl methyl sites for hydroxylation is 2. The molecule has 3 aromatic rings. The van der Waals surface area contributed by atoms with Gasteiger partial charge in [-0.05, 0) is 67.3 Å². The Balaban J connectivity index is 1.79. The van der Waals surface area contributed by atoms with Crippen molar-refractivity contribution in [3.63, 3.8) is 0 Å². The van der Waals surface area contributed by atoms with Crippen molar-refractivity contribution in [1.29, 1.82) is 0 Å². The smallest absolute Gasteiger partial charge is 0.263 e. The van der Waals surface area contributed by atoms with E-state index in [1.165, 1.54) is 5.56 Å². The van der Waals surface area contributed by atoms with Crippen molar-refractivity contribution in [2.75, 3.05) is 5.32 Å². The van der Waals surface area contributed by atoms with Crippen molar-refractivity contribution >= 4 is 27.5 Å². The molecule has 0 saturated heterocycles. The van der Waals surface area contributed by atoms with Crippen LogP contribution in [0, 0.1) is 6.92 Å². The monoisotopic (exact) mass is 452 g/mol. The van der Waals surface area contributed by atoms with Gasteiger partial charge in [0, 0.05) is 15.9 Å². The predicted molar refractivity (Wildman–Crippen MR) is 122 cm³/mol. The van der Waals surface area contributed by atoms with Crippen LogP contribution in [-0.2, 0) is 13.0 Å². The van der Waals surface area contributed by atoms with Crippen molar-refractivity contribution in [1.82, 2.24) is 4.57 Å². The van der Waals surface area contributed by atoms with Gasteiger partial charge in [-0.15, -0.1) is 0 Å². The second-order valence-electron chi connectivity index (χ2n) is 7.16.